The third-order valence-electron chi connectivity index (χ3n) is 3.08. The Bertz CT molecular complexity index is 885. The first-order valence-corrected chi connectivity index (χ1v) is 7.79. The van der Waals surface area contributed by atoms with Crippen LogP contribution in [0.3, 0.4) is 0 Å². The number of hydrogen-bond donors (Lipinski definition) is 0. The molecule has 0 N–H and O–H groups in total. The normalized spacial score (nSPS) is 10.6. The number of hydrogen-bond acceptors (Lipinski definition) is 6. The molecular weight excluding hydrogens is 358 g/mol. The lowest BCUT2D eigenvalue weighted by Gasteiger charge is -2.07. The topological polar surface area (TPSA) is 85.6 Å². The lowest BCUT2D eigenvalue weighted by atomic mass is 10.1. The molecule has 6 nitrogen and oxygen atoms in total. The minimum Gasteiger partial charge on any atom is -0.482 e. The first kappa shape index (κ1) is 19.0. The quantitative estimate of drug-likeness (QED) is 0.335. The van der Waals surface area contributed by atoms with Gasteiger partial charge in [-0.1, -0.05) is 29.8 Å². The van der Waals surface area contributed by atoms with E-state index in [0.29, 0.717) is 16.3 Å². The number of halogens is 1. The van der Waals surface area contributed by atoms with Crippen molar-refractivity contribution in [1.29, 1.82) is 5.26 Å². The van der Waals surface area contributed by atoms with Crippen LogP contribution in [-0.2, 0) is 14.3 Å². The van der Waals surface area contributed by atoms with E-state index in [1.807, 2.05) is 0 Å². The second-order valence-electron chi connectivity index (χ2n) is 4.95. The number of benzene rings is 2. The van der Waals surface area contributed by atoms with Crippen LogP contribution in [0.2, 0.25) is 5.02 Å². The Balaban J connectivity index is 2.01. The van der Waals surface area contributed by atoms with E-state index in [2.05, 4.69) is 4.74 Å². The largest absolute Gasteiger partial charge is 0.482 e. The molecule has 0 aromatic heterocycles. The number of ether oxygens (including phenoxy) is 3. The molecule has 0 heterocycles. The second kappa shape index (κ2) is 9.25. The van der Waals surface area contributed by atoms with Gasteiger partial charge in [0.15, 0.2) is 6.61 Å². The zero-order valence-corrected chi connectivity index (χ0v) is 14.5. The molecule has 0 aliphatic carbocycles. The molecule has 0 atom stereocenters. The van der Waals surface area contributed by atoms with Gasteiger partial charge in [0.05, 0.1) is 7.11 Å². The molecule has 0 saturated heterocycles. The van der Waals surface area contributed by atoms with Crippen LogP contribution in [0.1, 0.15) is 5.56 Å². The predicted octanol–water partition coefficient (Wildman–Crippen LogP) is 3.40. The van der Waals surface area contributed by atoms with E-state index in [1.165, 1.54) is 19.3 Å². The van der Waals surface area contributed by atoms with E-state index in [9.17, 15) is 9.59 Å². The fraction of sp³-hybridized carbons (Fsp3) is 0.105. The van der Waals surface area contributed by atoms with Gasteiger partial charge in [-0.2, -0.15) is 5.26 Å². The van der Waals surface area contributed by atoms with E-state index < -0.39 is 11.9 Å². The molecule has 2 rings (SSSR count). The van der Waals surface area contributed by atoms with Gasteiger partial charge in [0.25, 0.3) is 0 Å². The smallest absolute Gasteiger partial charge is 0.349 e. The second-order valence-corrected chi connectivity index (χ2v) is 5.39. The maximum absolute atomic E-state index is 11.9. The Hall–Kier alpha value is -3.30. The van der Waals surface area contributed by atoms with Crippen molar-refractivity contribution >= 4 is 29.6 Å². The molecule has 0 bridgehead atoms. The zero-order valence-electron chi connectivity index (χ0n) is 13.8. The summed E-state index contributed by atoms with van der Waals surface area (Å²) in [5, 5.41) is 9.47. The minimum atomic E-state index is -0.746. The molecule has 0 unspecified atom stereocenters. The molecule has 7 heteroatoms. The summed E-state index contributed by atoms with van der Waals surface area (Å²) in [6, 6.07) is 14.7. The third kappa shape index (κ3) is 5.65. The van der Waals surface area contributed by atoms with Gasteiger partial charge in [-0.3, -0.25) is 0 Å². The highest BCUT2D eigenvalue weighted by atomic mass is 35.5. The fourth-order valence-electron chi connectivity index (χ4n) is 1.94. The molecule has 2 aromatic carbocycles. The standard InChI is InChI=1S/C19H14ClNO5/c1-24-19(23)14(11-21)8-13-4-2-7-17(9-13)26-18(22)12-25-16-6-3-5-15(20)10-16/h2-10H,12H2,1H3/b14-8+. The van der Waals surface area contributed by atoms with Crippen molar-refractivity contribution in [2.45, 2.75) is 0 Å². The van der Waals surface area contributed by atoms with Crippen LogP contribution in [0.4, 0.5) is 0 Å². The summed E-state index contributed by atoms with van der Waals surface area (Å²) in [6.07, 6.45) is 1.34. The van der Waals surface area contributed by atoms with Crippen LogP contribution < -0.4 is 9.47 Å². The number of rotatable bonds is 6. The summed E-state index contributed by atoms with van der Waals surface area (Å²) < 4.78 is 15.0. The van der Waals surface area contributed by atoms with Gasteiger partial charge < -0.3 is 14.2 Å². The van der Waals surface area contributed by atoms with Crippen molar-refractivity contribution in [1.82, 2.24) is 0 Å². The van der Waals surface area contributed by atoms with Crippen molar-refractivity contribution in [3.63, 3.8) is 0 Å². The van der Waals surface area contributed by atoms with E-state index in [4.69, 9.17) is 26.3 Å². The number of carbonyl (C=O) groups is 2. The first-order chi connectivity index (χ1) is 12.5. The Kier molecular flexibility index (Phi) is 6.77. The van der Waals surface area contributed by atoms with Gasteiger partial charge >= 0.3 is 11.9 Å². The average Bonchev–Trinajstić information content (AvgIpc) is 2.64. The van der Waals surface area contributed by atoms with Gasteiger partial charge in [0, 0.05) is 5.02 Å². The summed E-state index contributed by atoms with van der Waals surface area (Å²) in [4.78, 5) is 23.3. The predicted molar refractivity (Wildman–Crippen MR) is 94.6 cm³/mol. The summed E-state index contributed by atoms with van der Waals surface area (Å²) in [6.45, 7) is -0.300. The average molecular weight is 372 g/mol. The highest BCUT2D eigenvalue weighted by molar-refractivity contribution is 6.30. The molecule has 0 amide bonds. The molecule has 0 fully saturated rings. The van der Waals surface area contributed by atoms with Gasteiger partial charge in [-0.05, 0) is 42.0 Å². The maximum atomic E-state index is 11.9. The fourth-order valence-corrected chi connectivity index (χ4v) is 2.12. The molecule has 0 radical (unpaired) electrons. The summed E-state index contributed by atoms with van der Waals surface area (Å²) in [5.74, 6) is -0.659. The van der Waals surface area contributed by atoms with Gasteiger partial charge in [0.2, 0.25) is 0 Å². The molecule has 0 aliphatic rings. The SMILES string of the molecule is COC(=O)/C(C#N)=C/c1cccc(OC(=O)COc2cccc(Cl)c2)c1. The van der Waals surface area contributed by atoms with Crippen molar-refractivity contribution < 1.29 is 23.8 Å². The van der Waals surface area contributed by atoms with Crippen LogP contribution in [-0.4, -0.2) is 25.7 Å². The summed E-state index contributed by atoms with van der Waals surface area (Å²) >= 11 is 5.84. The Morgan fingerprint density at radius 1 is 1.15 bits per heavy atom. The van der Waals surface area contributed by atoms with Crippen molar-refractivity contribution in [3.8, 4) is 17.6 Å². The number of esters is 2. The summed E-state index contributed by atoms with van der Waals surface area (Å²) in [7, 11) is 1.19. The minimum absolute atomic E-state index is 0.166. The van der Waals surface area contributed by atoms with Gasteiger partial charge in [-0.25, -0.2) is 9.59 Å². The van der Waals surface area contributed by atoms with E-state index in [1.54, 1.807) is 48.5 Å². The Morgan fingerprint density at radius 2 is 1.88 bits per heavy atom. The highest BCUT2D eigenvalue weighted by Crippen LogP contribution is 2.18. The Morgan fingerprint density at radius 3 is 2.58 bits per heavy atom. The summed E-state index contributed by atoms with van der Waals surface area (Å²) in [5.41, 5.74) is 0.341. The van der Waals surface area contributed by atoms with Gasteiger partial charge in [0.1, 0.15) is 23.1 Å². The number of nitrogens with zero attached hydrogens (tertiary/aromatic N) is 1. The van der Waals surface area contributed by atoms with Crippen LogP contribution in [0.25, 0.3) is 6.08 Å². The van der Waals surface area contributed by atoms with Gasteiger partial charge in [-0.15, -0.1) is 0 Å². The maximum Gasteiger partial charge on any atom is 0.349 e. The number of nitriles is 1. The number of methoxy groups -OCH3 is 1. The molecule has 26 heavy (non-hydrogen) atoms. The lowest BCUT2D eigenvalue weighted by Crippen LogP contribution is -2.17. The molecule has 2 aromatic rings. The highest BCUT2D eigenvalue weighted by Gasteiger charge is 2.10. The molecule has 132 valence electrons. The van der Waals surface area contributed by atoms with E-state index >= 15 is 0 Å². The van der Waals surface area contributed by atoms with Crippen molar-refractivity contribution in [3.05, 3.63) is 64.7 Å². The number of carbonyl (C=O) groups excluding carboxylic acids is 2. The molecular formula is C19H14ClNO5. The van der Waals surface area contributed by atoms with E-state index in [-0.39, 0.29) is 17.9 Å². The molecule has 0 spiro atoms. The van der Waals surface area contributed by atoms with Crippen LogP contribution in [0.15, 0.2) is 54.1 Å². The lowest BCUT2D eigenvalue weighted by molar-refractivity contribution is -0.137. The van der Waals surface area contributed by atoms with E-state index in [0.717, 1.165) is 0 Å². The van der Waals surface area contributed by atoms with Crippen molar-refractivity contribution in [2.75, 3.05) is 13.7 Å². The van der Waals surface area contributed by atoms with Crippen LogP contribution in [0, 0.1) is 11.3 Å². The monoisotopic (exact) mass is 371 g/mol. The molecule has 0 aliphatic heterocycles. The third-order valence-corrected chi connectivity index (χ3v) is 3.31. The van der Waals surface area contributed by atoms with Crippen molar-refractivity contribution in [2.24, 2.45) is 0 Å². The molecule has 0 saturated carbocycles. The van der Waals surface area contributed by atoms with Crippen LogP contribution in [0.5, 0.6) is 11.5 Å². The zero-order chi connectivity index (χ0) is 18.9. The first-order valence-electron chi connectivity index (χ1n) is 7.41. The van der Waals surface area contributed by atoms with Crippen LogP contribution >= 0.6 is 11.6 Å². The Labute approximate surface area is 155 Å².